The van der Waals surface area contributed by atoms with E-state index in [1.165, 1.54) is 5.56 Å². The maximum absolute atomic E-state index is 5.16. The molecule has 19 heavy (non-hydrogen) atoms. The molecule has 0 amide bonds. The number of rotatable bonds is 5. The molecular weight excluding hydrogens is 238 g/mol. The number of anilines is 1. The van der Waals surface area contributed by atoms with Gasteiger partial charge in [0.05, 0.1) is 12.3 Å². The van der Waals surface area contributed by atoms with Crippen LogP contribution in [0.1, 0.15) is 18.2 Å². The lowest BCUT2D eigenvalue weighted by molar-refractivity contribution is 0.181. The third-order valence-electron chi connectivity index (χ3n) is 2.97. The van der Waals surface area contributed by atoms with E-state index in [1.54, 1.807) is 7.11 Å². The molecule has 0 aliphatic rings. The van der Waals surface area contributed by atoms with Crippen molar-refractivity contribution in [2.24, 2.45) is 0 Å². The summed E-state index contributed by atoms with van der Waals surface area (Å²) in [5.74, 6) is 1.55. The third kappa shape index (κ3) is 3.09. The Morgan fingerprint density at radius 1 is 1.21 bits per heavy atom. The molecule has 0 aliphatic carbocycles. The molecule has 0 saturated carbocycles. The van der Waals surface area contributed by atoms with Gasteiger partial charge in [-0.2, -0.15) is 0 Å². The average molecular weight is 257 g/mol. The van der Waals surface area contributed by atoms with Crippen molar-refractivity contribution in [3.8, 4) is 11.4 Å². The highest BCUT2D eigenvalue weighted by Gasteiger charge is 2.09. The summed E-state index contributed by atoms with van der Waals surface area (Å²) in [4.78, 5) is 9.11. The van der Waals surface area contributed by atoms with Crippen LogP contribution in [0.3, 0.4) is 0 Å². The molecule has 0 radical (unpaired) electrons. The zero-order valence-electron chi connectivity index (χ0n) is 11.6. The predicted octanol–water partition coefficient (Wildman–Crippen LogP) is 2.89. The first kappa shape index (κ1) is 13.5. The molecule has 0 spiro atoms. The zero-order chi connectivity index (χ0) is 13.7. The molecule has 1 aromatic carbocycles. The van der Waals surface area contributed by atoms with Gasteiger partial charge in [0, 0.05) is 25.8 Å². The molecule has 0 fully saturated rings. The van der Waals surface area contributed by atoms with Crippen LogP contribution in [0.4, 0.5) is 5.82 Å². The van der Waals surface area contributed by atoms with Gasteiger partial charge in [-0.1, -0.05) is 31.2 Å². The van der Waals surface area contributed by atoms with E-state index in [1.807, 2.05) is 25.2 Å². The Balaban J connectivity index is 2.51. The summed E-state index contributed by atoms with van der Waals surface area (Å²) in [5.41, 5.74) is 3.21. The second-order valence-corrected chi connectivity index (χ2v) is 4.26. The second kappa shape index (κ2) is 6.29. The smallest absolute Gasteiger partial charge is 0.162 e. The normalized spacial score (nSPS) is 10.5. The Kier molecular flexibility index (Phi) is 4.47. The minimum Gasteiger partial charge on any atom is -0.378 e. The highest BCUT2D eigenvalue weighted by Crippen LogP contribution is 2.22. The summed E-state index contributed by atoms with van der Waals surface area (Å²) in [5, 5.41) is 3.07. The van der Waals surface area contributed by atoms with Crippen molar-refractivity contribution >= 4 is 5.82 Å². The molecule has 100 valence electrons. The number of hydrogen-bond donors (Lipinski definition) is 1. The van der Waals surface area contributed by atoms with Crippen molar-refractivity contribution in [2.45, 2.75) is 20.0 Å². The number of methoxy groups -OCH3 is 1. The molecule has 0 unspecified atom stereocenters. The molecule has 4 heteroatoms. The van der Waals surface area contributed by atoms with Crippen LogP contribution in [0.15, 0.2) is 30.3 Å². The minimum atomic E-state index is 0.485. The van der Waals surface area contributed by atoms with E-state index in [4.69, 9.17) is 4.74 Å². The highest BCUT2D eigenvalue weighted by atomic mass is 16.5. The molecular formula is C15H19N3O. The van der Waals surface area contributed by atoms with Gasteiger partial charge in [-0.15, -0.1) is 0 Å². The first-order valence-electron chi connectivity index (χ1n) is 6.41. The van der Waals surface area contributed by atoms with Crippen molar-refractivity contribution in [1.82, 2.24) is 9.97 Å². The Bertz CT molecular complexity index is 555. The van der Waals surface area contributed by atoms with E-state index in [0.717, 1.165) is 29.3 Å². The van der Waals surface area contributed by atoms with Crippen LogP contribution in [0.25, 0.3) is 11.4 Å². The SMILES string of the molecule is CCc1ccccc1-c1nc(COC)cc(NC)n1. The summed E-state index contributed by atoms with van der Waals surface area (Å²) in [7, 11) is 3.52. The Labute approximate surface area is 113 Å². The van der Waals surface area contributed by atoms with E-state index >= 15 is 0 Å². The third-order valence-corrected chi connectivity index (χ3v) is 2.97. The summed E-state index contributed by atoms with van der Waals surface area (Å²) in [6.45, 7) is 2.62. The number of nitrogens with one attached hydrogen (secondary N) is 1. The fourth-order valence-corrected chi connectivity index (χ4v) is 2.01. The molecule has 1 aromatic heterocycles. The minimum absolute atomic E-state index is 0.485. The van der Waals surface area contributed by atoms with Crippen LogP contribution < -0.4 is 5.32 Å². The fourth-order valence-electron chi connectivity index (χ4n) is 2.01. The highest BCUT2D eigenvalue weighted by molar-refractivity contribution is 5.62. The quantitative estimate of drug-likeness (QED) is 0.894. The van der Waals surface area contributed by atoms with Crippen molar-refractivity contribution in [3.63, 3.8) is 0 Å². The fraction of sp³-hybridized carbons (Fsp3) is 0.333. The van der Waals surface area contributed by atoms with Gasteiger partial charge < -0.3 is 10.1 Å². The second-order valence-electron chi connectivity index (χ2n) is 4.26. The van der Waals surface area contributed by atoms with E-state index < -0.39 is 0 Å². The lowest BCUT2D eigenvalue weighted by Gasteiger charge is -2.10. The first-order chi connectivity index (χ1) is 9.28. The van der Waals surface area contributed by atoms with Gasteiger partial charge in [-0.3, -0.25) is 0 Å². The van der Waals surface area contributed by atoms with Crippen LogP contribution >= 0.6 is 0 Å². The van der Waals surface area contributed by atoms with Crippen LogP contribution in [-0.2, 0) is 17.8 Å². The Morgan fingerprint density at radius 2 is 2.00 bits per heavy atom. The molecule has 0 bridgehead atoms. The lowest BCUT2D eigenvalue weighted by Crippen LogP contribution is -2.03. The monoisotopic (exact) mass is 257 g/mol. The summed E-state index contributed by atoms with van der Waals surface area (Å²) in [6, 6.07) is 10.1. The number of nitrogens with zero attached hydrogens (tertiary/aromatic N) is 2. The van der Waals surface area contributed by atoms with Crippen molar-refractivity contribution in [2.75, 3.05) is 19.5 Å². The molecule has 1 heterocycles. The number of hydrogen-bond acceptors (Lipinski definition) is 4. The first-order valence-corrected chi connectivity index (χ1v) is 6.41. The van der Waals surface area contributed by atoms with Gasteiger partial charge in [0.25, 0.3) is 0 Å². The van der Waals surface area contributed by atoms with Gasteiger partial charge in [0.15, 0.2) is 5.82 Å². The molecule has 0 aliphatic heterocycles. The predicted molar refractivity (Wildman–Crippen MR) is 77.1 cm³/mol. The maximum atomic E-state index is 5.16. The van der Waals surface area contributed by atoms with Gasteiger partial charge in [0.2, 0.25) is 0 Å². The van der Waals surface area contributed by atoms with Gasteiger partial charge in [-0.25, -0.2) is 9.97 Å². The number of benzene rings is 1. The van der Waals surface area contributed by atoms with Gasteiger partial charge >= 0.3 is 0 Å². The van der Waals surface area contributed by atoms with Crippen molar-refractivity contribution in [1.29, 1.82) is 0 Å². The van der Waals surface area contributed by atoms with Crippen LogP contribution in [0, 0.1) is 0 Å². The molecule has 0 atom stereocenters. The molecule has 0 saturated heterocycles. The van der Waals surface area contributed by atoms with E-state index in [2.05, 4.69) is 34.3 Å². The molecule has 4 nitrogen and oxygen atoms in total. The molecule has 2 rings (SSSR count). The van der Waals surface area contributed by atoms with E-state index in [9.17, 15) is 0 Å². The Morgan fingerprint density at radius 3 is 2.68 bits per heavy atom. The average Bonchev–Trinajstić information content (AvgIpc) is 2.47. The summed E-state index contributed by atoms with van der Waals surface area (Å²) >= 11 is 0. The summed E-state index contributed by atoms with van der Waals surface area (Å²) < 4.78 is 5.16. The zero-order valence-corrected chi connectivity index (χ0v) is 11.6. The van der Waals surface area contributed by atoms with Crippen LogP contribution in [-0.4, -0.2) is 24.1 Å². The molecule has 2 aromatic rings. The van der Waals surface area contributed by atoms with Gasteiger partial charge in [-0.05, 0) is 12.0 Å². The summed E-state index contributed by atoms with van der Waals surface area (Å²) in [6.07, 6.45) is 0.961. The number of aryl methyl sites for hydroxylation is 1. The number of ether oxygens (including phenoxy) is 1. The lowest BCUT2D eigenvalue weighted by atomic mass is 10.0. The maximum Gasteiger partial charge on any atom is 0.162 e. The molecule has 1 N–H and O–H groups in total. The standard InChI is InChI=1S/C15H19N3O/c1-4-11-7-5-6-8-13(11)15-17-12(10-19-3)9-14(16-2)18-15/h5-9H,4,10H2,1-3H3,(H,16,17,18). The van der Waals surface area contributed by atoms with Crippen molar-refractivity contribution < 1.29 is 4.74 Å². The number of aromatic nitrogens is 2. The van der Waals surface area contributed by atoms with Crippen molar-refractivity contribution in [3.05, 3.63) is 41.6 Å². The Hall–Kier alpha value is -1.94. The topological polar surface area (TPSA) is 47.0 Å². The van der Waals surface area contributed by atoms with E-state index in [-0.39, 0.29) is 0 Å². The van der Waals surface area contributed by atoms with Crippen LogP contribution in [0.5, 0.6) is 0 Å². The van der Waals surface area contributed by atoms with Crippen LogP contribution in [0.2, 0.25) is 0 Å². The van der Waals surface area contributed by atoms with Gasteiger partial charge in [0.1, 0.15) is 5.82 Å². The van der Waals surface area contributed by atoms with E-state index in [0.29, 0.717) is 6.61 Å². The largest absolute Gasteiger partial charge is 0.378 e.